The van der Waals surface area contributed by atoms with E-state index in [4.69, 9.17) is 9.47 Å². The number of thiophene rings is 1. The van der Waals surface area contributed by atoms with Gasteiger partial charge >= 0.3 is 0 Å². The molecule has 0 aliphatic heterocycles. The first-order valence-corrected chi connectivity index (χ1v) is 10.3. The molecule has 0 saturated heterocycles. The molecule has 5 rings (SSSR count). The molecule has 0 atom stereocenters. The van der Waals surface area contributed by atoms with Gasteiger partial charge in [-0.2, -0.15) is 4.98 Å². The van der Waals surface area contributed by atoms with Crippen LogP contribution in [0.15, 0.2) is 54.6 Å². The molecule has 140 valence electrons. The van der Waals surface area contributed by atoms with Crippen molar-refractivity contribution < 1.29 is 9.47 Å². The Balaban J connectivity index is 1.36. The van der Waals surface area contributed by atoms with Crippen molar-refractivity contribution in [3.05, 3.63) is 76.4 Å². The van der Waals surface area contributed by atoms with Crippen LogP contribution < -0.4 is 9.47 Å². The van der Waals surface area contributed by atoms with Crippen LogP contribution in [0.2, 0.25) is 0 Å². The summed E-state index contributed by atoms with van der Waals surface area (Å²) in [6.07, 6.45) is 3.44. The number of aryl methyl sites for hydroxylation is 3. The average molecular weight is 388 g/mol. The third-order valence-corrected chi connectivity index (χ3v) is 6.12. The van der Waals surface area contributed by atoms with Gasteiger partial charge in [0.05, 0.1) is 5.39 Å². The van der Waals surface area contributed by atoms with Crippen molar-refractivity contribution in [1.29, 1.82) is 0 Å². The van der Waals surface area contributed by atoms with Crippen LogP contribution in [0, 0.1) is 6.92 Å². The van der Waals surface area contributed by atoms with Gasteiger partial charge in [-0.15, -0.1) is 11.3 Å². The van der Waals surface area contributed by atoms with Crippen LogP contribution in [0.1, 0.15) is 28.2 Å². The zero-order valence-electron chi connectivity index (χ0n) is 15.6. The maximum Gasteiger partial charge on any atom is 0.231 e. The molecule has 0 radical (unpaired) electrons. The molecule has 4 nitrogen and oxygen atoms in total. The number of hydrogen-bond donors (Lipinski definition) is 0. The highest BCUT2D eigenvalue weighted by Gasteiger charge is 2.22. The van der Waals surface area contributed by atoms with Crippen molar-refractivity contribution in [2.75, 3.05) is 0 Å². The summed E-state index contributed by atoms with van der Waals surface area (Å²) < 4.78 is 12.0. The van der Waals surface area contributed by atoms with Crippen LogP contribution in [0.3, 0.4) is 0 Å². The molecule has 0 spiro atoms. The first kappa shape index (κ1) is 17.2. The number of nitrogens with zero attached hydrogens (tertiary/aromatic N) is 2. The second-order valence-electron chi connectivity index (χ2n) is 6.96. The van der Waals surface area contributed by atoms with Gasteiger partial charge in [0, 0.05) is 4.88 Å². The maximum absolute atomic E-state index is 6.17. The summed E-state index contributed by atoms with van der Waals surface area (Å²) in [5.74, 6) is 2.98. The summed E-state index contributed by atoms with van der Waals surface area (Å²) in [4.78, 5) is 11.7. The Hall–Kier alpha value is -2.92. The lowest BCUT2D eigenvalue weighted by molar-refractivity contribution is 0.305. The van der Waals surface area contributed by atoms with E-state index in [0.29, 0.717) is 12.5 Å². The fraction of sp³-hybridized carbons (Fsp3) is 0.217. The second kappa shape index (κ2) is 7.24. The number of hydrogen-bond acceptors (Lipinski definition) is 5. The predicted octanol–water partition coefficient (Wildman–Crippen LogP) is 5.86. The van der Waals surface area contributed by atoms with E-state index in [1.54, 1.807) is 11.3 Å². The molecule has 28 heavy (non-hydrogen) atoms. The van der Waals surface area contributed by atoms with Gasteiger partial charge in [-0.1, -0.05) is 30.3 Å². The highest BCUT2D eigenvalue weighted by Crippen LogP contribution is 2.41. The number of rotatable bonds is 5. The van der Waals surface area contributed by atoms with E-state index in [1.807, 2.05) is 49.4 Å². The molecule has 1 aliphatic rings. The lowest BCUT2D eigenvalue weighted by Gasteiger charge is -2.10. The molecular formula is C23H20N2O2S. The van der Waals surface area contributed by atoms with Crippen molar-refractivity contribution in [3.63, 3.8) is 0 Å². The molecule has 0 amide bonds. The first-order chi connectivity index (χ1) is 13.8. The average Bonchev–Trinajstić information content (AvgIpc) is 3.29. The van der Waals surface area contributed by atoms with Gasteiger partial charge in [0.25, 0.3) is 0 Å². The van der Waals surface area contributed by atoms with E-state index >= 15 is 0 Å². The summed E-state index contributed by atoms with van der Waals surface area (Å²) in [6.45, 7) is 2.46. The summed E-state index contributed by atoms with van der Waals surface area (Å²) in [7, 11) is 0. The lowest BCUT2D eigenvalue weighted by Crippen LogP contribution is -1.96. The quantitative estimate of drug-likeness (QED) is 0.429. The zero-order valence-corrected chi connectivity index (χ0v) is 16.5. The Morgan fingerprint density at radius 3 is 2.54 bits per heavy atom. The largest absolute Gasteiger partial charge is 0.489 e. The van der Waals surface area contributed by atoms with Gasteiger partial charge in [0.15, 0.2) is 0 Å². The Labute approximate surface area is 167 Å². The van der Waals surface area contributed by atoms with Crippen LogP contribution in [0.4, 0.5) is 0 Å². The molecule has 2 aromatic carbocycles. The Kier molecular flexibility index (Phi) is 4.45. The van der Waals surface area contributed by atoms with Crippen molar-refractivity contribution >= 4 is 21.6 Å². The number of ether oxygens (including phenoxy) is 2. The minimum atomic E-state index is 0.549. The summed E-state index contributed by atoms with van der Waals surface area (Å²) in [5, 5.41) is 1.09. The third kappa shape index (κ3) is 3.34. The van der Waals surface area contributed by atoms with E-state index in [-0.39, 0.29) is 0 Å². The molecule has 5 heteroatoms. The van der Waals surface area contributed by atoms with Gasteiger partial charge in [-0.05, 0) is 61.6 Å². The van der Waals surface area contributed by atoms with Crippen molar-refractivity contribution in [3.8, 4) is 17.4 Å². The van der Waals surface area contributed by atoms with E-state index in [1.165, 1.54) is 16.9 Å². The highest BCUT2D eigenvalue weighted by atomic mass is 32.1. The Morgan fingerprint density at radius 2 is 1.71 bits per heavy atom. The van der Waals surface area contributed by atoms with Crippen molar-refractivity contribution in [1.82, 2.24) is 9.97 Å². The van der Waals surface area contributed by atoms with Gasteiger partial charge in [0.2, 0.25) is 5.88 Å². The molecule has 2 heterocycles. The number of aromatic nitrogens is 2. The number of benzene rings is 2. The molecule has 0 bridgehead atoms. The topological polar surface area (TPSA) is 44.2 Å². The summed E-state index contributed by atoms with van der Waals surface area (Å²) in [6, 6.07) is 17.9. The van der Waals surface area contributed by atoms with Gasteiger partial charge in [-0.25, -0.2) is 4.98 Å². The molecule has 0 saturated carbocycles. The van der Waals surface area contributed by atoms with Gasteiger partial charge in [0.1, 0.15) is 28.8 Å². The lowest BCUT2D eigenvalue weighted by atomic mass is 10.2. The minimum absolute atomic E-state index is 0.549. The fourth-order valence-electron chi connectivity index (χ4n) is 3.59. The Morgan fingerprint density at radius 1 is 0.929 bits per heavy atom. The SMILES string of the molecule is Cc1nc(Oc2ccc(OCc3ccccc3)cc2)c2c3c(sc2n1)CCC3. The van der Waals surface area contributed by atoms with Crippen LogP contribution in [-0.4, -0.2) is 9.97 Å². The number of fused-ring (bicyclic) bond motifs is 3. The molecule has 2 aromatic heterocycles. The summed E-state index contributed by atoms with van der Waals surface area (Å²) >= 11 is 1.78. The molecule has 0 unspecified atom stereocenters. The van der Waals surface area contributed by atoms with E-state index in [9.17, 15) is 0 Å². The molecule has 0 N–H and O–H groups in total. The van der Waals surface area contributed by atoms with Gasteiger partial charge < -0.3 is 9.47 Å². The molecule has 0 fully saturated rings. The third-order valence-electron chi connectivity index (χ3n) is 4.93. The first-order valence-electron chi connectivity index (χ1n) is 9.50. The second-order valence-corrected chi connectivity index (χ2v) is 8.04. The standard InChI is InChI=1S/C23H20N2O2S/c1-15-24-22(21-19-8-5-9-20(19)28-23(21)25-15)27-18-12-10-17(11-13-18)26-14-16-6-3-2-4-7-16/h2-4,6-7,10-13H,5,8-9,14H2,1H3. The van der Waals surface area contributed by atoms with Gasteiger partial charge in [-0.3, -0.25) is 0 Å². The smallest absolute Gasteiger partial charge is 0.231 e. The van der Waals surface area contributed by atoms with Crippen molar-refractivity contribution in [2.24, 2.45) is 0 Å². The minimum Gasteiger partial charge on any atom is -0.489 e. The van der Waals surface area contributed by atoms with Crippen LogP contribution >= 0.6 is 11.3 Å². The van der Waals surface area contributed by atoms with E-state index in [2.05, 4.69) is 22.1 Å². The monoisotopic (exact) mass is 388 g/mol. The van der Waals surface area contributed by atoms with Crippen molar-refractivity contribution in [2.45, 2.75) is 32.8 Å². The fourth-order valence-corrected chi connectivity index (χ4v) is 4.89. The highest BCUT2D eigenvalue weighted by molar-refractivity contribution is 7.19. The normalized spacial score (nSPS) is 12.9. The zero-order chi connectivity index (χ0) is 18.9. The maximum atomic E-state index is 6.17. The van der Waals surface area contributed by atoms with Crippen LogP contribution in [-0.2, 0) is 19.4 Å². The van der Waals surface area contributed by atoms with E-state index < -0.39 is 0 Å². The van der Waals surface area contributed by atoms with Crippen LogP contribution in [0.25, 0.3) is 10.2 Å². The molecular weight excluding hydrogens is 368 g/mol. The van der Waals surface area contributed by atoms with E-state index in [0.717, 1.165) is 45.9 Å². The van der Waals surface area contributed by atoms with Crippen LogP contribution in [0.5, 0.6) is 17.4 Å². The Bertz CT molecular complexity index is 1120. The summed E-state index contributed by atoms with van der Waals surface area (Å²) in [5.41, 5.74) is 2.52. The molecule has 1 aliphatic carbocycles. The molecule has 4 aromatic rings. The predicted molar refractivity (Wildman–Crippen MR) is 111 cm³/mol.